The van der Waals surface area contributed by atoms with Gasteiger partial charge in [0, 0.05) is 16.5 Å². The zero-order valence-electron chi connectivity index (χ0n) is 13.0. The van der Waals surface area contributed by atoms with Crippen LogP contribution in [0.5, 0.6) is 0 Å². The van der Waals surface area contributed by atoms with Gasteiger partial charge in [-0.2, -0.15) is 0 Å². The second-order valence-corrected chi connectivity index (χ2v) is 6.80. The van der Waals surface area contributed by atoms with Gasteiger partial charge >= 0.3 is 0 Å². The minimum absolute atomic E-state index is 0.0533. The van der Waals surface area contributed by atoms with Gasteiger partial charge in [-0.05, 0) is 17.7 Å². The summed E-state index contributed by atoms with van der Waals surface area (Å²) in [6, 6.07) is 17.9. The van der Waals surface area contributed by atoms with E-state index in [9.17, 15) is 4.79 Å². The Bertz CT molecular complexity index is 636. The molecule has 0 radical (unpaired) electrons. The van der Waals surface area contributed by atoms with E-state index in [1.165, 1.54) is 10.5 Å². The lowest BCUT2D eigenvalue weighted by Crippen LogP contribution is -3.18. The molecule has 0 saturated carbocycles. The third-order valence-corrected chi connectivity index (χ3v) is 4.88. The van der Waals surface area contributed by atoms with E-state index >= 15 is 0 Å². The summed E-state index contributed by atoms with van der Waals surface area (Å²) in [6.07, 6.45) is 0.769. The predicted molar refractivity (Wildman–Crippen MR) is 93.9 cm³/mol. The van der Waals surface area contributed by atoms with E-state index in [1.807, 2.05) is 42.5 Å². The maximum absolute atomic E-state index is 13.1. The fourth-order valence-electron chi connectivity index (χ4n) is 3.07. The molecule has 1 heterocycles. The summed E-state index contributed by atoms with van der Waals surface area (Å²) < 4.78 is 6.46. The van der Waals surface area contributed by atoms with Crippen molar-refractivity contribution in [2.75, 3.05) is 26.3 Å². The minimum Gasteiger partial charge on any atom is -0.370 e. The molecule has 3 rings (SSSR count). The van der Waals surface area contributed by atoms with Crippen molar-refractivity contribution < 1.29 is 14.4 Å². The number of ether oxygens (including phenoxy) is 1. The van der Waals surface area contributed by atoms with Crippen molar-refractivity contribution >= 4 is 21.7 Å². The fraction of sp³-hybridized carbons (Fsp3) is 0.316. The third-order valence-electron chi connectivity index (χ3n) is 4.36. The van der Waals surface area contributed by atoms with Gasteiger partial charge < -0.3 is 9.64 Å². The minimum atomic E-state index is -0.0533. The number of hydrogen-bond donors (Lipinski definition) is 1. The Morgan fingerprint density at radius 1 is 1.04 bits per heavy atom. The van der Waals surface area contributed by atoms with Crippen LogP contribution in [0.3, 0.4) is 0 Å². The molecule has 1 aliphatic rings. The number of ketones is 1. The first-order valence-electron chi connectivity index (χ1n) is 8.00. The monoisotopic (exact) mass is 374 g/mol. The lowest BCUT2D eigenvalue weighted by atomic mass is 9.96. The number of rotatable bonds is 5. The van der Waals surface area contributed by atoms with Crippen LogP contribution in [0.25, 0.3) is 0 Å². The van der Waals surface area contributed by atoms with Gasteiger partial charge in [-0.3, -0.25) is 4.79 Å². The van der Waals surface area contributed by atoms with Crippen LogP contribution in [-0.4, -0.2) is 38.1 Å². The molecule has 2 aromatic rings. The SMILES string of the molecule is O=C(c1ccc(Br)cc1)[C@H](Cc1ccccc1)[NH+]1CCOCC1. The Morgan fingerprint density at radius 2 is 1.70 bits per heavy atom. The molecule has 0 aromatic heterocycles. The molecule has 0 aliphatic carbocycles. The first kappa shape index (κ1) is 16.4. The molecule has 3 nitrogen and oxygen atoms in total. The Hall–Kier alpha value is -1.49. The van der Waals surface area contributed by atoms with Gasteiger partial charge in [0.15, 0.2) is 6.04 Å². The van der Waals surface area contributed by atoms with Gasteiger partial charge in [-0.1, -0.05) is 58.4 Å². The quantitative estimate of drug-likeness (QED) is 0.812. The lowest BCUT2D eigenvalue weighted by molar-refractivity contribution is -0.922. The molecule has 0 unspecified atom stereocenters. The molecule has 1 atom stereocenters. The van der Waals surface area contributed by atoms with Crippen molar-refractivity contribution in [3.8, 4) is 0 Å². The molecule has 23 heavy (non-hydrogen) atoms. The van der Waals surface area contributed by atoms with Crippen molar-refractivity contribution in [3.63, 3.8) is 0 Å². The van der Waals surface area contributed by atoms with E-state index in [-0.39, 0.29) is 11.8 Å². The molecule has 4 heteroatoms. The first-order valence-corrected chi connectivity index (χ1v) is 8.79. The Morgan fingerprint density at radius 3 is 2.35 bits per heavy atom. The van der Waals surface area contributed by atoms with E-state index < -0.39 is 0 Å². The fourth-order valence-corrected chi connectivity index (χ4v) is 3.33. The van der Waals surface area contributed by atoms with Crippen molar-refractivity contribution in [3.05, 3.63) is 70.2 Å². The molecule has 1 N–H and O–H groups in total. The molecule has 1 saturated heterocycles. The number of benzene rings is 2. The number of hydrogen-bond acceptors (Lipinski definition) is 2. The average molecular weight is 375 g/mol. The highest BCUT2D eigenvalue weighted by Gasteiger charge is 2.32. The van der Waals surface area contributed by atoms with Gasteiger partial charge in [0.2, 0.25) is 5.78 Å². The highest BCUT2D eigenvalue weighted by molar-refractivity contribution is 9.10. The summed E-state index contributed by atoms with van der Waals surface area (Å²) in [4.78, 5) is 14.4. The molecule has 2 aromatic carbocycles. The summed E-state index contributed by atoms with van der Waals surface area (Å²) >= 11 is 3.43. The zero-order chi connectivity index (χ0) is 16.1. The average Bonchev–Trinajstić information content (AvgIpc) is 2.61. The van der Waals surface area contributed by atoms with Crippen LogP contribution < -0.4 is 4.90 Å². The van der Waals surface area contributed by atoms with Gasteiger partial charge in [0.25, 0.3) is 0 Å². The van der Waals surface area contributed by atoms with Gasteiger partial charge in [0.1, 0.15) is 13.1 Å². The second kappa shape index (κ2) is 7.86. The molecule has 0 amide bonds. The van der Waals surface area contributed by atoms with Crippen molar-refractivity contribution in [1.82, 2.24) is 0 Å². The maximum Gasteiger partial charge on any atom is 0.220 e. The van der Waals surface area contributed by atoms with Crippen LogP contribution >= 0.6 is 15.9 Å². The first-order chi connectivity index (χ1) is 11.2. The molecule has 0 spiro atoms. The largest absolute Gasteiger partial charge is 0.370 e. The van der Waals surface area contributed by atoms with Crippen molar-refractivity contribution in [2.24, 2.45) is 0 Å². The van der Waals surface area contributed by atoms with Crippen molar-refractivity contribution in [2.45, 2.75) is 12.5 Å². The number of morpholine rings is 1. The van der Waals surface area contributed by atoms with Gasteiger partial charge in [-0.15, -0.1) is 0 Å². The highest BCUT2D eigenvalue weighted by Crippen LogP contribution is 2.13. The predicted octanol–water partition coefficient (Wildman–Crippen LogP) is 2.16. The summed E-state index contributed by atoms with van der Waals surface area (Å²) in [6.45, 7) is 3.24. The summed E-state index contributed by atoms with van der Waals surface area (Å²) in [5.74, 6) is 0.221. The van der Waals surface area contributed by atoms with E-state index in [0.717, 1.165) is 42.8 Å². The molecular formula is C19H21BrNO2+. The van der Waals surface area contributed by atoms with Crippen molar-refractivity contribution in [1.29, 1.82) is 0 Å². The number of Topliss-reactive ketones (excluding diaryl/α,β-unsaturated/α-hetero) is 1. The normalized spacial score (nSPS) is 16.9. The molecular weight excluding hydrogens is 354 g/mol. The van der Waals surface area contributed by atoms with Gasteiger partial charge in [-0.25, -0.2) is 0 Å². The van der Waals surface area contributed by atoms with Gasteiger partial charge in [0.05, 0.1) is 13.2 Å². The van der Waals surface area contributed by atoms with E-state index in [0.29, 0.717) is 0 Å². The number of carbonyl (C=O) groups excluding carboxylic acids is 1. The molecule has 120 valence electrons. The van der Waals surface area contributed by atoms with Crippen LogP contribution in [0.15, 0.2) is 59.1 Å². The standard InChI is InChI=1S/C19H20BrNO2/c20-17-8-6-16(7-9-17)19(22)18(21-10-12-23-13-11-21)14-15-4-2-1-3-5-15/h1-9,18H,10-14H2/p+1/t18-/m0/s1. The number of carbonyl (C=O) groups is 1. The molecule has 0 bridgehead atoms. The maximum atomic E-state index is 13.1. The van der Waals surface area contributed by atoms with E-state index in [1.54, 1.807) is 0 Å². The van der Waals surface area contributed by atoms with E-state index in [4.69, 9.17) is 4.74 Å². The van der Waals surface area contributed by atoms with Crippen LogP contribution in [0, 0.1) is 0 Å². The van der Waals surface area contributed by atoms with Crippen LogP contribution in [0.1, 0.15) is 15.9 Å². The van der Waals surface area contributed by atoms with Crippen LogP contribution in [0.2, 0.25) is 0 Å². The lowest BCUT2D eigenvalue weighted by Gasteiger charge is -2.30. The Labute approximate surface area is 145 Å². The number of halogens is 1. The highest BCUT2D eigenvalue weighted by atomic mass is 79.9. The zero-order valence-corrected chi connectivity index (χ0v) is 14.6. The van der Waals surface area contributed by atoms with E-state index in [2.05, 4.69) is 28.1 Å². The molecule has 1 fully saturated rings. The smallest absolute Gasteiger partial charge is 0.220 e. The Kier molecular flexibility index (Phi) is 5.60. The van der Waals surface area contributed by atoms with Crippen LogP contribution in [0.4, 0.5) is 0 Å². The summed E-state index contributed by atoms with van der Waals surface area (Å²) in [5.41, 5.74) is 2.00. The number of quaternary nitrogens is 1. The van der Waals surface area contributed by atoms with Crippen LogP contribution in [-0.2, 0) is 11.2 Å². The molecule has 1 aliphatic heterocycles. The third kappa shape index (κ3) is 4.28. The summed E-state index contributed by atoms with van der Waals surface area (Å²) in [7, 11) is 0. The second-order valence-electron chi connectivity index (χ2n) is 5.88. The number of nitrogens with one attached hydrogen (secondary N) is 1. The topological polar surface area (TPSA) is 30.7 Å². The Balaban J connectivity index is 1.84. The summed E-state index contributed by atoms with van der Waals surface area (Å²) in [5, 5.41) is 0.